The van der Waals surface area contributed by atoms with Gasteiger partial charge in [0.25, 0.3) is 0 Å². The second-order valence-electron chi connectivity index (χ2n) is 8.67. The summed E-state index contributed by atoms with van der Waals surface area (Å²) in [5.74, 6) is 0.636. The lowest BCUT2D eigenvalue weighted by Gasteiger charge is -2.28. The van der Waals surface area contributed by atoms with Gasteiger partial charge in [-0.1, -0.05) is 30.3 Å². The molecule has 0 bridgehead atoms. The third-order valence-corrected chi connectivity index (χ3v) is 7.49. The van der Waals surface area contributed by atoms with Crippen LogP contribution < -0.4 is 15.0 Å². The lowest BCUT2D eigenvalue weighted by molar-refractivity contribution is 0.0702. The number of hydrogen-bond acceptors (Lipinski definition) is 6. The van der Waals surface area contributed by atoms with Gasteiger partial charge in [0.15, 0.2) is 5.82 Å². The lowest BCUT2D eigenvalue weighted by Crippen LogP contribution is -2.43. The second kappa shape index (κ2) is 10.3. The molecule has 0 aliphatic carbocycles. The van der Waals surface area contributed by atoms with Crippen LogP contribution in [0.1, 0.15) is 39.2 Å². The molecule has 0 fully saturated rings. The Morgan fingerprint density at radius 3 is 2.66 bits per heavy atom. The Balaban J connectivity index is 1.39. The van der Waals surface area contributed by atoms with Gasteiger partial charge in [-0.2, -0.15) is 0 Å². The summed E-state index contributed by atoms with van der Waals surface area (Å²) in [4.78, 5) is 36.0. The number of hydrogen-bond donors (Lipinski definition) is 2. The summed E-state index contributed by atoms with van der Waals surface area (Å²) in [6.45, 7) is 8.96. The van der Waals surface area contributed by atoms with Gasteiger partial charge in [-0.25, -0.2) is 19.6 Å². The number of nitrogens with one attached hydrogen (secondary N) is 1. The van der Waals surface area contributed by atoms with E-state index in [2.05, 4.69) is 16.9 Å². The number of halogens is 1. The van der Waals surface area contributed by atoms with Crippen molar-refractivity contribution in [2.45, 2.75) is 33.5 Å². The van der Waals surface area contributed by atoms with E-state index in [1.807, 2.05) is 36.6 Å². The fourth-order valence-electron chi connectivity index (χ4n) is 4.28. The van der Waals surface area contributed by atoms with Crippen molar-refractivity contribution in [2.24, 2.45) is 0 Å². The molecule has 0 saturated carbocycles. The van der Waals surface area contributed by atoms with Crippen LogP contribution in [0.25, 0.3) is 16.1 Å². The van der Waals surface area contributed by atoms with Crippen LogP contribution in [0.2, 0.25) is 5.02 Å². The van der Waals surface area contributed by atoms with Crippen molar-refractivity contribution in [3.63, 3.8) is 0 Å². The van der Waals surface area contributed by atoms with Crippen LogP contribution in [0.4, 0.5) is 10.6 Å². The van der Waals surface area contributed by atoms with Crippen molar-refractivity contribution in [2.75, 3.05) is 4.90 Å². The van der Waals surface area contributed by atoms with Gasteiger partial charge >= 0.3 is 12.0 Å². The van der Waals surface area contributed by atoms with Crippen molar-refractivity contribution < 1.29 is 19.4 Å². The average molecular weight is 550 g/mol. The van der Waals surface area contributed by atoms with E-state index in [4.69, 9.17) is 21.3 Å². The third-order valence-electron chi connectivity index (χ3n) is 6.11. The Morgan fingerprint density at radius 1 is 1.24 bits per heavy atom. The Kier molecular flexibility index (Phi) is 6.92. The van der Waals surface area contributed by atoms with Gasteiger partial charge in [0.2, 0.25) is 5.88 Å². The number of carbonyl (C=O) groups excluding carboxylic acids is 1. The van der Waals surface area contributed by atoms with Crippen LogP contribution >= 0.6 is 22.9 Å². The standard InChI is InChI=1S/C27H24ClN5O4S/c1-4-32-22(14-37-25-15(2)11-18(12-29-25)20-9-10-21(38-20)26(34)35)31-24-23(32)16(3)30-27(36)33(24)13-17-5-7-19(28)8-6-17/h5-12H,3-4,13-14H2,1-2H3,(H,30,36)(H,34,35). The number of carboxylic acids is 1. The topological polar surface area (TPSA) is 110 Å². The number of aryl methyl sites for hydroxylation is 1. The molecule has 0 unspecified atom stereocenters. The molecule has 0 atom stereocenters. The van der Waals surface area contributed by atoms with Crippen molar-refractivity contribution in [1.29, 1.82) is 0 Å². The van der Waals surface area contributed by atoms with Gasteiger partial charge < -0.3 is 19.7 Å². The number of nitrogens with zero attached hydrogens (tertiary/aromatic N) is 4. The molecule has 2 amide bonds. The zero-order valence-corrected chi connectivity index (χ0v) is 22.3. The Labute approximate surface area is 228 Å². The van der Waals surface area contributed by atoms with Gasteiger partial charge in [-0.3, -0.25) is 4.90 Å². The molecule has 4 aromatic rings. The summed E-state index contributed by atoms with van der Waals surface area (Å²) in [5.41, 5.74) is 3.74. The first-order valence-electron chi connectivity index (χ1n) is 11.8. The maximum absolute atomic E-state index is 12.9. The first-order valence-corrected chi connectivity index (χ1v) is 13.0. The molecule has 11 heteroatoms. The maximum Gasteiger partial charge on any atom is 0.345 e. The van der Waals surface area contributed by atoms with Crippen molar-refractivity contribution in [3.05, 3.63) is 87.8 Å². The number of amides is 2. The predicted octanol–water partition coefficient (Wildman–Crippen LogP) is 5.97. The predicted molar refractivity (Wildman–Crippen MR) is 147 cm³/mol. The molecule has 3 aromatic heterocycles. The van der Waals surface area contributed by atoms with Gasteiger partial charge in [0, 0.05) is 33.8 Å². The number of aromatic carboxylic acids is 1. The molecule has 1 aliphatic heterocycles. The van der Waals surface area contributed by atoms with E-state index < -0.39 is 5.97 Å². The molecule has 1 aliphatic rings. The highest BCUT2D eigenvalue weighted by Gasteiger charge is 2.32. The SMILES string of the molecule is C=C1NC(=O)N(Cc2ccc(Cl)cc2)c2nc(COc3ncc(-c4ccc(C(=O)O)s4)cc3C)n(CC)c21. The summed E-state index contributed by atoms with van der Waals surface area (Å²) >= 11 is 7.21. The van der Waals surface area contributed by atoms with E-state index in [0.717, 1.165) is 27.3 Å². The number of thiophene rings is 1. The largest absolute Gasteiger partial charge is 0.477 e. The minimum absolute atomic E-state index is 0.131. The highest BCUT2D eigenvalue weighted by Crippen LogP contribution is 2.33. The number of carbonyl (C=O) groups is 2. The number of imidazole rings is 1. The zero-order chi connectivity index (χ0) is 27.0. The number of anilines is 1. The van der Waals surface area contributed by atoms with Gasteiger partial charge in [0.05, 0.1) is 12.2 Å². The normalized spacial score (nSPS) is 12.9. The van der Waals surface area contributed by atoms with Crippen LogP contribution in [0.15, 0.2) is 55.2 Å². The van der Waals surface area contributed by atoms with Crippen LogP contribution in [0, 0.1) is 6.92 Å². The smallest absolute Gasteiger partial charge is 0.345 e. The maximum atomic E-state index is 12.9. The number of pyridine rings is 1. The number of rotatable bonds is 8. The minimum Gasteiger partial charge on any atom is -0.477 e. The molecular weight excluding hydrogens is 526 g/mol. The van der Waals surface area contributed by atoms with E-state index in [0.29, 0.717) is 41.3 Å². The number of carboxylic acid groups (broad SMARTS) is 1. The highest BCUT2D eigenvalue weighted by atomic mass is 35.5. The number of fused-ring (bicyclic) bond motifs is 1. The third kappa shape index (κ3) is 4.88. The summed E-state index contributed by atoms with van der Waals surface area (Å²) in [6, 6.07) is 12.3. The van der Waals surface area contributed by atoms with Crippen LogP contribution in [-0.2, 0) is 19.7 Å². The van der Waals surface area contributed by atoms with E-state index in [1.54, 1.807) is 35.4 Å². The van der Waals surface area contributed by atoms with E-state index in [1.165, 1.54) is 11.3 Å². The molecule has 1 aromatic carbocycles. The highest BCUT2D eigenvalue weighted by molar-refractivity contribution is 7.17. The molecular formula is C27H24ClN5O4S. The Bertz CT molecular complexity index is 1560. The first kappa shape index (κ1) is 25.5. The number of urea groups is 1. The quantitative estimate of drug-likeness (QED) is 0.280. The van der Waals surface area contributed by atoms with E-state index in [9.17, 15) is 14.7 Å². The summed E-state index contributed by atoms with van der Waals surface area (Å²) < 4.78 is 8.02. The molecule has 2 N–H and O–H groups in total. The second-order valence-corrected chi connectivity index (χ2v) is 10.2. The lowest BCUT2D eigenvalue weighted by atomic mass is 10.2. The van der Waals surface area contributed by atoms with Crippen LogP contribution in [0.3, 0.4) is 0 Å². The molecule has 0 spiro atoms. The Hall–Kier alpha value is -4.15. The molecule has 5 rings (SSSR count). The molecule has 0 radical (unpaired) electrons. The summed E-state index contributed by atoms with van der Waals surface area (Å²) in [6.07, 6.45) is 1.66. The van der Waals surface area contributed by atoms with Crippen molar-refractivity contribution in [3.8, 4) is 16.3 Å². The number of aromatic nitrogens is 3. The minimum atomic E-state index is -0.952. The Morgan fingerprint density at radius 2 is 2.00 bits per heavy atom. The molecule has 4 heterocycles. The van der Waals surface area contributed by atoms with Gasteiger partial charge in [-0.05, 0) is 49.7 Å². The van der Waals surface area contributed by atoms with Gasteiger partial charge in [-0.15, -0.1) is 11.3 Å². The fourth-order valence-corrected chi connectivity index (χ4v) is 5.23. The van der Waals surface area contributed by atoms with Gasteiger partial charge in [0.1, 0.15) is 23.0 Å². The van der Waals surface area contributed by atoms with Crippen LogP contribution in [-0.4, -0.2) is 31.6 Å². The van der Waals surface area contributed by atoms with Crippen molar-refractivity contribution in [1.82, 2.24) is 19.9 Å². The fraction of sp³-hybridized carbons (Fsp3) is 0.185. The van der Waals surface area contributed by atoms with E-state index in [-0.39, 0.29) is 17.5 Å². The molecule has 38 heavy (non-hydrogen) atoms. The average Bonchev–Trinajstić information content (AvgIpc) is 3.53. The number of benzene rings is 1. The van der Waals surface area contributed by atoms with Crippen LogP contribution in [0.5, 0.6) is 5.88 Å². The summed E-state index contributed by atoms with van der Waals surface area (Å²) in [7, 11) is 0. The first-order chi connectivity index (χ1) is 18.2. The molecule has 194 valence electrons. The van der Waals surface area contributed by atoms with Crippen molar-refractivity contribution >= 4 is 46.5 Å². The molecule has 9 nitrogen and oxygen atoms in total. The monoisotopic (exact) mass is 549 g/mol. The molecule has 0 saturated heterocycles. The number of ether oxygens (including phenoxy) is 1. The summed E-state index contributed by atoms with van der Waals surface area (Å²) in [5, 5.41) is 12.6. The zero-order valence-electron chi connectivity index (χ0n) is 20.7. The van der Waals surface area contributed by atoms with E-state index >= 15 is 0 Å².